The maximum Gasteiger partial charge on any atom is 0.0991 e. The number of nitrogens with one attached hydrogen (secondary N) is 1. The molecule has 1 saturated carbocycles. The highest BCUT2D eigenvalue weighted by atomic mass is 14.9. The third-order valence-corrected chi connectivity index (χ3v) is 2.63. The Bertz CT molecular complexity index is 372. The van der Waals surface area contributed by atoms with Crippen molar-refractivity contribution in [2.24, 2.45) is 5.92 Å². The van der Waals surface area contributed by atoms with Gasteiger partial charge in [-0.05, 0) is 49.4 Å². The molecule has 0 saturated heterocycles. The second-order valence-electron chi connectivity index (χ2n) is 3.97. The molecule has 0 amide bonds. The first-order chi connectivity index (χ1) is 6.79. The molecule has 0 unspecified atom stereocenters. The number of nitriles is 1. The van der Waals surface area contributed by atoms with E-state index in [4.69, 9.17) is 5.26 Å². The number of anilines is 1. The van der Waals surface area contributed by atoms with Gasteiger partial charge in [-0.1, -0.05) is 0 Å². The van der Waals surface area contributed by atoms with Crippen molar-refractivity contribution in [1.82, 2.24) is 0 Å². The van der Waals surface area contributed by atoms with Gasteiger partial charge in [-0.3, -0.25) is 0 Å². The van der Waals surface area contributed by atoms with Crippen molar-refractivity contribution in [2.45, 2.75) is 19.8 Å². The lowest BCUT2D eigenvalue weighted by atomic mass is 10.1. The number of rotatable bonds is 3. The molecule has 0 spiro atoms. The lowest BCUT2D eigenvalue weighted by Gasteiger charge is -2.08. The van der Waals surface area contributed by atoms with Crippen LogP contribution < -0.4 is 5.32 Å². The van der Waals surface area contributed by atoms with Crippen LogP contribution in [0.25, 0.3) is 0 Å². The van der Waals surface area contributed by atoms with Crippen LogP contribution in [-0.4, -0.2) is 6.54 Å². The number of hydrogen-bond acceptors (Lipinski definition) is 2. The van der Waals surface area contributed by atoms with Crippen molar-refractivity contribution in [3.05, 3.63) is 29.3 Å². The molecule has 0 aromatic heterocycles. The van der Waals surface area contributed by atoms with Crippen LogP contribution in [-0.2, 0) is 0 Å². The molecule has 0 bridgehead atoms. The van der Waals surface area contributed by atoms with E-state index in [0.29, 0.717) is 0 Å². The van der Waals surface area contributed by atoms with Crippen molar-refractivity contribution in [1.29, 1.82) is 5.26 Å². The minimum absolute atomic E-state index is 0.736. The summed E-state index contributed by atoms with van der Waals surface area (Å²) < 4.78 is 0. The van der Waals surface area contributed by atoms with E-state index >= 15 is 0 Å². The monoisotopic (exact) mass is 186 g/mol. The molecule has 1 aliphatic carbocycles. The summed E-state index contributed by atoms with van der Waals surface area (Å²) in [7, 11) is 0. The Hall–Kier alpha value is -1.49. The van der Waals surface area contributed by atoms with Gasteiger partial charge in [0.05, 0.1) is 11.6 Å². The minimum atomic E-state index is 0.736. The summed E-state index contributed by atoms with van der Waals surface area (Å²) >= 11 is 0. The average molecular weight is 186 g/mol. The predicted molar refractivity (Wildman–Crippen MR) is 57.1 cm³/mol. The van der Waals surface area contributed by atoms with Crippen molar-refractivity contribution in [2.75, 3.05) is 11.9 Å². The summed E-state index contributed by atoms with van der Waals surface area (Å²) in [5.41, 5.74) is 3.06. The third kappa shape index (κ3) is 2.05. The molecule has 1 aromatic carbocycles. The van der Waals surface area contributed by atoms with E-state index in [2.05, 4.69) is 11.4 Å². The zero-order valence-corrected chi connectivity index (χ0v) is 8.38. The van der Waals surface area contributed by atoms with Crippen LogP contribution in [0.5, 0.6) is 0 Å². The minimum Gasteiger partial charge on any atom is -0.385 e. The van der Waals surface area contributed by atoms with Crippen molar-refractivity contribution in [3.8, 4) is 6.07 Å². The van der Waals surface area contributed by atoms with Crippen molar-refractivity contribution < 1.29 is 0 Å². The maximum atomic E-state index is 8.71. The topological polar surface area (TPSA) is 35.8 Å². The highest BCUT2D eigenvalue weighted by Crippen LogP contribution is 2.29. The Balaban J connectivity index is 2.05. The van der Waals surface area contributed by atoms with Gasteiger partial charge in [-0.15, -0.1) is 0 Å². The summed E-state index contributed by atoms with van der Waals surface area (Å²) in [6.45, 7) is 3.11. The van der Waals surface area contributed by atoms with Gasteiger partial charge in [0, 0.05) is 12.2 Å². The number of nitrogens with zero attached hydrogens (tertiary/aromatic N) is 1. The van der Waals surface area contributed by atoms with Gasteiger partial charge < -0.3 is 5.32 Å². The van der Waals surface area contributed by atoms with Gasteiger partial charge in [0.2, 0.25) is 0 Å². The summed E-state index contributed by atoms with van der Waals surface area (Å²) in [4.78, 5) is 0. The Kier molecular flexibility index (Phi) is 2.41. The van der Waals surface area contributed by atoms with Crippen molar-refractivity contribution >= 4 is 5.69 Å². The molecule has 2 heteroatoms. The molecule has 0 atom stereocenters. The van der Waals surface area contributed by atoms with E-state index in [1.807, 2.05) is 25.1 Å². The van der Waals surface area contributed by atoms with Gasteiger partial charge in [0.1, 0.15) is 0 Å². The van der Waals surface area contributed by atoms with Gasteiger partial charge in [-0.2, -0.15) is 5.26 Å². The first kappa shape index (κ1) is 9.08. The fourth-order valence-electron chi connectivity index (χ4n) is 1.51. The molecular weight excluding hydrogens is 172 g/mol. The summed E-state index contributed by atoms with van der Waals surface area (Å²) in [5.74, 6) is 0.880. The summed E-state index contributed by atoms with van der Waals surface area (Å²) in [6, 6.07) is 7.93. The highest BCUT2D eigenvalue weighted by Gasteiger charge is 2.20. The first-order valence-corrected chi connectivity index (χ1v) is 5.04. The lowest BCUT2D eigenvalue weighted by Crippen LogP contribution is -2.04. The molecule has 1 fully saturated rings. The smallest absolute Gasteiger partial charge is 0.0991 e. The SMILES string of the molecule is Cc1cc(C#N)ccc1NCC1CC1. The van der Waals surface area contributed by atoms with E-state index in [9.17, 15) is 0 Å². The van der Waals surface area contributed by atoms with Crippen LogP contribution in [0.15, 0.2) is 18.2 Å². The molecule has 0 heterocycles. The van der Waals surface area contributed by atoms with Gasteiger partial charge >= 0.3 is 0 Å². The zero-order valence-electron chi connectivity index (χ0n) is 8.38. The fourth-order valence-corrected chi connectivity index (χ4v) is 1.51. The van der Waals surface area contributed by atoms with Crippen LogP contribution >= 0.6 is 0 Å². The third-order valence-electron chi connectivity index (χ3n) is 2.63. The molecule has 2 nitrogen and oxygen atoms in total. The van der Waals surface area contributed by atoms with Crippen molar-refractivity contribution in [3.63, 3.8) is 0 Å². The Morgan fingerprint density at radius 2 is 2.29 bits per heavy atom. The van der Waals surface area contributed by atoms with Gasteiger partial charge in [0.25, 0.3) is 0 Å². The Morgan fingerprint density at radius 3 is 2.86 bits per heavy atom. The number of benzene rings is 1. The van der Waals surface area contributed by atoms with Gasteiger partial charge in [0.15, 0.2) is 0 Å². The maximum absolute atomic E-state index is 8.71. The van der Waals surface area contributed by atoms with Crippen LogP contribution in [0, 0.1) is 24.2 Å². The first-order valence-electron chi connectivity index (χ1n) is 5.04. The standard InChI is InChI=1S/C12H14N2/c1-9-6-11(7-13)4-5-12(9)14-8-10-2-3-10/h4-6,10,14H,2-3,8H2,1H3. The summed E-state index contributed by atoms with van der Waals surface area (Å²) in [5, 5.41) is 12.1. The van der Waals surface area contributed by atoms with Crippen LogP contribution in [0.4, 0.5) is 5.69 Å². The average Bonchev–Trinajstić information content (AvgIpc) is 2.99. The Morgan fingerprint density at radius 1 is 1.50 bits per heavy atom. The van der Waals surface area contributed by atoms with E-state index in [0.717, 1.165) is 29.3 Å². The molecule has 1 N–H and O–H groups in total. The molecule has 0 aliphatic heterocycles. The largest absolute Gasteiger partial charge is 0.385 e. The summed E-state index contributed by atoms with van der Waals surface area (Å²) in [6.07, 6.45) is 2.73. The Labute approximate surface area is 84.6 Å². The molecule has 1 aromatic rings. The van der Waals surface area contributed by atoms with Gasteiger partial charge in [-0.25, -0.2) is 0 Å². The highest BCUT2D eigenvalue weighted by molar-refractivity contribution is 5.54. The molecule has 0 radical (unpaired) electrons. The molecule has 72 valence electrons. The molecule has 2 rings (SSSR count). The normalized spacial score (nSPS) is 14.9. The quantitative estimate of drug-likeness (QED) is 0.787. The predicted octanol–water partition coefficient (Wildman–Crippen LogP) is 2.69. The lowest BCUT2D eigenvalue weighted by molar-refractivity contribution is 0.888. The van der Waals surface area contributed by atoms with Crippen LogP contribution in [0.1, 0.15) is 24.0 Å². The van der Waals surface area contributed by atoms with Crippen LogP contribution in [0.3, 0.4) is 0 Å². The molecule has 14 heavy (non-hydrogen) atoms. The second-order valence-corrected chi connectivity index (χ2v) is 3.97. The molecule has 1 aliphatic rings. The fraction of sp³-hybridized carbons (Fsp3) is 0.417. The second kappa shape index (κ2) is 3.71. The van der Waals surface area contributed by atoms with E-state index in [1.165, 1.54) is 12.8 Å². The number of aryl methyl sites for hydroxylation is 1. The number of hydrogen-bond donors (Lipinski definition) is 1. The van der Waals surface area contributed by atoms with Crippen LogP contribution in [0.2, 0.25) is 0 Å². The van der Waals surface area contributed by atoms with E-state index < -0.39 is 0 Å². The zero-order chi connectivity index (χ0) is 9.97. The molecular formula is C12H14N2. The van der Waals surface area contributed by atoms with E-state index in [1.54, 1.807) is 0 Å². The van der Waals surface area contributed by atoms with E-state index in [-0.39, 0.29) is 0 Å².